The molecule has 10 heteroatoms. The Hall–Kier alpha value is -1.23. The quantitative estimate of drug-likeness (QED) is 0.358. The molecule has 0 aromatic heterocycles. The number of methoxy groups -OCH3 is 1. The van der Waals surface area contributed by atoms with Crippen LogP contribution in [0.5, 0.6) is 0 Å². The van der Waals surface area contributed by atoms with Crippen molar-refractivity contribution in [2.24, 2.45) is 0 Å². The fraction of sp³-hybridized carbons (Fsp3) is 0.722. The monoisotopic (exact) mass is 427 g/mol. The molecule has 3 unspecified atom stereocenters. The number of nitrogens with zero attached hydrogens (tertiary/aromatic N) is 1. The lowest BCUT2D eigenvalue weighted by atomic mass is 10.2. The molecule has 1 aliphatic heterocycles. The predicted molar refractivity (Wildman–Crippen MR) is 101 cm³/mol. The SMILES string of the molecule is C=CC(C/C=C/C(F)(F)F)SO[C@H]1CC(C(O)OC)N(C(=O)OC(C)(C)C)C1. The van der Waals surface area contributed by atoms with Gasteiger partial charge in [0, 0.05) is 19.6 Å². The van der Waals surface area contributed by atoms with Gasteiger partial charge in [-0.3, -0.25) is 4.90 Å². The Balaban J connectivity index is 2.67. The molecule has 162 valence electrons. The molecule has 1 amide bonds. The van der Waals surface area contributed by atoms with Gasteiger partial charge in [0.25, 0.3) is 0 Å². The van der Waals surface area contributed by atoms with E-state index < -0.39 is 36.3 Å². The molecule has 1 N–H and O–H groups in total. The normalized spacial score (nSPS) is 23.1. The van der Waals surface area contributed by atoms with E-state index in [1.165, 1.54) is 18.1 Å². The van der Waals surface area contributed by atoms with Crippen molar-refractivity contribution in [3.63, 3.8) is 0 Å². The van der Waals surface area contributed by atoms with E-state index in [-0.39, 0.29) is 24.3 Å². The number of likely N-dealkylation sites (tertiary alicyclic amines) is 1. The molecule has 0 bridgehead atoms. The second-order valence-corrected chi connectivity index (χ2v) is 8.32. The number of hydrogen-bond acceptors (Lipinski definition) is 6. The zero-order valence-corrected chi connectivity index (χ0v) is 17.3. The summed E-state index contributed by atoms with van der Waals surface area (Å²) in [6.07, 6.45) is -3.54. The van der Waals surface area contributed by atoms with E-state index in [0.717, 1.165) is 18.1 Å². The lowest BCUT2D eigenvalue weighted by Crippen LogP contribution is -2.45. The number of allylic oxidation sites excluding steroid dienone is 2. The molecule has 0 spiro atoms. The Bertz CT molecular complexity index is 550. The molecule has 0 saturated carbocycles. The Labute approximate surface area is 167 Å². The highest BCUT2D eigenvalue weighted by Gasteiger charge is 2.42. The summed E-state index contributed by atoms with van der Waals surface area (Å²) in [6.45, 7) is 8.96. The molecule has 1 fully saturated rings. The van der Waals surface area contributed by atoms with Gasteiger partial charge >= 0.3 is 12.3 Å². The number of aliphatic hydroxyl groups excluding tert-OH is 1. The average molecular weight is 427 g/mol. The first-order valence-corrected chi connectivity index (χ1v) is 9.56. The smallest absolute Gasteiger partial charge is 0.410 e. The highest BCUT2D eigenvalue weighted by atomic mass is 32.2. The van der Waals surface area contributed by atoms with E-state index in [0.29, 0.717) is 6.42 Å². The molecule has 0 radical (unpaired) electrons. The van der Waals surface area contributed by atoms with Gasteiger partial charge in [-0.2, -0.15) is 13.2 Å². The first kappa shape index (κ1) is 24.8. The Morgan fingerprint density at radius 1 is 1.39 bits per heavy atom. The van der Waals surface area contributed by atoms with Crippen LogP contribution < -0.4 is 0 Å². The third kappa shape index (κ3) is 8.85. The minimum Gasteiger partial charge on any atom is -0.444 e. The maximum Gasteiger partial charge on any atom is 0.410 e. The number of amides is 1. The first-order chi connectivity index (χ1) is 12.9. The van der Waals surface area contributed by atoms with Crippen molar-refractivity contribution in [1.29, 1.82) is 0 Å². The highest BCUT2D eigenvalue weighted by Crippen LogP contribution is 2.30. The van der Waals surface area contributed by atoms with E-state index in [9.17, 15) is 23.1 Å². The second-order valence-electron chi connectivity index (χ2n) is 7.33. The lowest BCUT2D eigenvalue weighted by molar-refractivity contribution is -0.116. The van der Waals surface area contributed by atoms with Gasteiger partial charge in [0.05, 0.1) is 23.9 Å². The number of hydrogen-bond donors (Lipinski definition) is 1. The summed E-state index contributed by atoms with van der Waals surface area (Å²) < 4.78 is 52.6. The molecular weight excluding hydrogens is 399 g/mol. The molecule has 0 aromatic carbocycles. The zero-order chi connectivity index (χ0) is 21.5. The fourth-order valence-corrected chi connectivity index (χ4v) is 3.22. The fourth-order valence-electron chi connectivity index (χ4n) is 2.51. The van der Waals surface area contributed by atoms with Crippen molar-refractivity contribution in [3.8, 4) is 0 Å². The third-order valence-corrected chi connectivity index (χ3v) is 4.77. The molecule has 1 heterocycles. The van der Waals surface area contributed by atoms with E-state index in [1.807, 2.05) is 0 Å². The summed E-state index contributed by atoms with van der Waals surface area (Å²) in [7, 11) is 1.32. The van der Waals surface area contributed by atoms with Crippen LogP contribution in [0.3, 0.4) is 0 Å². The van der Waals surface area contributed by atoms with Crippen LogP contribution in [0.2, 0.25) is 0 Å². The molecule has 6 nitrogen and oxygen atoms in total. The second kappa shape index (κ2) is 10.5. The predicted octanol–water partition coefficient (Wildman–Crippen LogP) is 4.06. The number of aliphatic hydroxyl groups is 1. The molecule has 0 aliphatic carbocycles. The van der Waals surface area contributed by atoms with E-state index in [2.05, 4.69) is 6.58 Å². The van der Waals surface area contributed by atoms with Gasteiger partial charge < -0.3 is 18.8 Å². The summed E-state index contributed by atoms with van der Waals surface area (Å²) >= 11 is 0.980. The van der Waals surface area contributed by atoms with Crippen LogP contribution >= 0.6 is 12.0 Å². The van der Waals surface area contributed by atoms with Gasteiger partial charge in [-0.05, 0) is 39.2 Å². The van der Waals surface area contributed by atoms with Crippen LogP contribution in [0.15, 0.2) is 24.8 Å². The van der Waals surface area contributed by atoms with Crippen LogP contribution in [0.25, 0.3) is 0 Å². The van der Waals surface area contributed by atoms with Crippen LogP contribution in [0.1, 0.15) is 33.6 Å². The molecule has 1 aliphatic rings. The highest BCUT2D eigenvalue weighted by molar-refractivity contribution is 7.95. The molecule has 4 atom stereocenters. The van der Waals surface area contributed by atoms with Crippen LogP contribution in [-0.2, 0) is 13.7 Å². The maximum atomic E-state index is 12.4. The Morgan fingerprint density at radius 2 is 2.04 bits per heavy atom. The summed E-state index contributed by atoms with van der Waals surface area (Å²) in [4.78, 5) is 13.8. The van der Waals surface area contributed by atoms with Gasteiger partial charge in [0.1, 0.15) is 5.60 Å². The third-order valence-electron chi connectivity index (χ3n) is 3.76. The summed E-state index contributed by atoms with van der Waals surface area (Å²) in [5.74, 6) is 0. The number of carbonyl (C=O) groups is 1. The first-order valence-electron chi connectivity index (χ1n) is 8.76. The number of carbonyl (C=O) groups excluding carboxylic acids is 1. The van der Waals surface area contributed by atoms with Crippen molar-refractivity contribution >= 4 is 18.1 Å². The summed E-state index contributed by atoms with van der Waals surface area (Å²) in [5, 5.41) is 9.65. The maximum absolute atomic E-state index is 12.4. The van der Waals surface area contributed by atoms with Crippen LogP contribution in [0, 0.1) is 0 Å². The van der Waals surface area contributed by atoms with Gasteiger partial charge in [-0.15, -0.1) is 6.58 Å². The number of halogens is 3. The molecule has 0 aromatic rings. The zero-order valence-electron chi connectivity index (χ0n) is 16.4. The minimum absolute atomic E-state index is 0.0975. The van der Waals surface area contributed by atoms with E-state index in [4.69, 9.17) is 13.7 Å². The standard InChI is InChI=1S/C18H28F3NO5S/c1-6-13(8-7-9-18(19,20)21)28-27-12-10-14(15(23)25-5)22(11-12)16(24)26-17(2,3)4/h6-7,9,12-15,23H,1,8,10-11H2,2-5H3/b9-7+/t12-,13?,14?,15?/m0/s1. The minimum atomic E-state index is -4.36. The summed E-state index contributed by atoms with van der Waals surface area (Å²) in [5.41, 5.74) is -0.702. The van der Waals surface area contributed by atoms with Crippen molar-refractivity contribution in [2.75, 3.05) is 13.7 Å². The number of rotatable bonds is 8. The Morgan fingerprint density at radius 3 is 2.54 bits per heavy atom. The molecular formula is C18H28F3NO5S. The van der Waals surface area contributed by atoms with Gasteiger partial charge in [0.2, 0.25) is 0 Å². The van der Waals surface area contributed by atoms with Gasteiger partial charge in [-0.1, -0.05) is 12.2 Å². The largest absolute Gasteiger partial charge is 0.444 e. The summed E-state index contributed by atoms with van der Waals surface area (Å²) in [6, 6.07) is -0.655. The van der Waals surface area contributed by atoms with Crippen molar-refractivity contribution < 1.29 is 36.7 Å². The van der Waals surface area contributed by atoms with Crippen LogP contribution in [0.4, 0.5) is 18.0 Å². The topological polar surface area (TPSA) is 68.2 Å². The molecule has 1 rings (SSSR count). The van der Waals surface area contributed by atoms with Gasteiger partial charge in [-0.25, -0.2) is 4.79 Å². The van der Waals surface area contributed by atoms with Crippen LogP contribution in [-0.4, -0.2) is 65.2 Å². The van der Waals surface area contributed by atoms with Crippen molar-refractivity contribution in [3.05, 3.63) is 24.8 Å². The average Bonchev–Trinajstić information content (AvgIpc) is 2.99. The number of alkyl halides is 3. The van der Waals surface area contributed by atoms with Crippen molar-refractivity contribution in [1.82, 2.24) is 4.90 Å². The van der Waals surface area contributed by atoms with E-state index >= 15 is 0 Å². The molecule has 1 saturated heterocycles. The van der Waals surface area contributed by atoms with E-state index in [1.54, 1.807) is 20.8 Å². The van der Waals surface area contributed by atoms with Crippen molar-refractivity contribution in [2.45, 2.75) is 69.1 Å². The molecule has 28 heavy (non-hydrogen) atoms. The lowest BCUT2D eigenvalue weighted by Gasteiger charge is -2.30. The number of ether oxygens (including phenoxy) is 2. The van der Waals surface area contributed by atoms with Gasteiger partial charge in [0.15, 0.2) is 6.29 Å². The Kier molecular flexibility index (Phi) is 9.32.